The number of carbonyl (C=O) groups is 1. The predicted octanol–water partition coefficient (Wildman–Crippen LogP) is 3.75. The maximum Gasteiger partial charge on any atom is 0.258 e. The Bertz CT molecular complexity index is 956. The highest BCUT2D eigenvalue weighted by Gasteiger charge is 2.45. The second-order valence-electron chi connectivity index (χ2n) is 6.19. The second kappa shape index (κ2) is 6.73. The molecule has 0 fully saturated rings. The van der Waals surface area contributed by atoms with Gasteiger partial charge in [-0.25, -0.2) is 4.99 Å². The third kappa shape index (κ3) is 3.00. The molecule has 0 bridgehead atoms. The number of amides is 1. The van der Waals surface area contributed by atoms with Crippen LogP contribution in [0.5, 0.6) is 0 Å². The third-order valence-electron chi connectivity index (χ3n) is 4.47. The van der Waals surface area contributed by atoms with Gasteiger partial charge in [-0.1, -0.05) is 54.1 Å². The number of rotatable bonds is 4. The fourth-order valence-corrected chi connectivity index (χ4v) is 3.28. The molecule has 0 radical (unpaired) electrons. The highest BCUT2D eigenvalue weighted by Crippen LogP contribution is 2.34. The Kier molecular flexibility index (Phi) is 4.27. The van der Waals surface area contributed by atoms with Crippen molar-refractivity contribution in [2.75, 3.05) is 0 Å². The first-order valence-electron chi connectivity index (χ1n) is 8.29. The normalized spacial score (nSPS) is 19.1. The average Bonchev–Trinajstić information content (AvgIpc) is 3.02. The van der Waals surface area contributed by atoms with E-state index in [-0.39, 0.29) is 5.91 Å². The van der Waals surface area contributed by atoms with Crippen LogP contribution in [0, 0.1) is 0 Å². The first kappa shape index (κ1) is 16.5. The summed E-state index contributed by atoms with van der Waals surface area (Å²) >= 11 is 6.00. The van der Waals surface area contributed by atoms with E-state index in [1.165, 1.54) is 0 Å². The number of aliphatic imine (C=N–C) groups is 1. The minimum absolute atomic E-state index is 0.141. The number of hydrogen-bond donors (Lipinski definition) is 1. The van der Waals surface area contributed by atoms with Gasteiger partial charge < -0.3 is 5.32 Å². The lowest BCUT2D eigenvalue weighted by atomic mass is 9.84. The lowest BCUT2D eigenvalue weighted by Crippen LogP contribution is -2.39. The molecule has 0 saturated carbocycles. The van der Waals surface area contributed by atoms with E-state index in [0.29, 0.717) is 17.3 Å². The Labute approximate surface area is 156 Å². The molecule has 4 rings (SSSR count). The van der Waals surface area contributed by atoms with Crippen molar-refractivity contribution in [3.8, 4) is 0 Å². The Morgan fingerprint density at radius 3 is 2.42 bits per heavy atom. The van der Waals surface area contributed by atoms with Gasteiger partial charge in [0.15, 0.2) is 5.54 Å². The van der Waals surface area contributed by atoms with Crippen LogP contribution in [-0.4, -0.2) is 16.7 Å². The standard InChI is InChI=1S/C21H16ClN3O/c22-18-10-8-15(9-11-18)13-21(17-6-2-1-3-7-17)20(26)24-19(25-21)16-5-4-12-23-14-16/h1-12,14H,13H2,(H,24,25,26). The molecule has 1 aromatic heterocycles. The van der Waals surface area contributed by atoms with Crippen molar-refractivity contribution in [1.29, 1.82) is 0 Å². The van der Waals surface area contributed by atoms with Crippen molar-refractivity contribution in [3.63, 3.8) is 0 Å². The summed E-state index contributed by atoms with van der Waals surface area (Å²) < 4.78 is 0. The number of halogens is 1. The molecule has 4 nitrogen and oxygen atoms in total. The van der Waals surface area contributed by atoms with Crippen molar-refractivity contribution in [3.05, 3.63) is 101 Å². The van der Waals surface area contributed by atoms with E-state index < -0.39 is 5.54 Å². The average molecular weight is 362 g/mol. The van der Waals surface area contributed by atoms with Crippen molar-refractivity contribution in [1.82, 2.24) is 10.3 Å². The van der Waals surface area contributed by atoms with Gasteiger partial charge in [0, 0.05) is 29.4 Å². The van der Waals surface area contributed by atoms with Crippen molar-refractivity contribution in [2.45, 2.75) is 12.0 Å². The fraction of sp³-hybridized carbons (Fsp3) is 0.0952. The summed E-state index contributed by atoms with van der Waals surface area (Å²) in [5.41, 5.74) is 1.62. The molecule has 1 aliphatic rings. The minimum atomic E-state index is -1.01. The molecule has 3 aromatic rings. The van der Waals surface area contributed by atoms with Crippen LogP contribution in [0.2, 0.25) is 5.02 Å². The van der Waals surface area contributed by atoms with Crippen LogP contribution in [-0.2, 0) is 16.8 Å². The lowest BCUT2D eigenvalue weighted by Gasteiger charge is -2.24. The Hall–Kier alpha value is -2.98. The van der Waals surface area contributed by atoms with Crippen LogP contribution in [0.25, 0.3) is 0 Å². The Morgan fingerprint density at radius 2 is 1.73 bits per heavy atom. The molecule has 0 spiro atoms. The van der Waals surface area contributed by atoms with E-state index in [2.05, 4.69) is 10.3 Å². The molecule has 1 atom stereocenters. The molecule has 26 heavy (non-hydrogen) atoms. The number of carbonyl (C=O) groups excluding carboxylic acids is 1. The topological polar surface area (TPSA) is 54.4 Å². The molecule has 1 unspecified atom stereocenters. The van der Waals surface area contributed by atoms with Gasteiger partial charge in [-0.15, -0.1) is 0 Å². The van der Waals surface area contributed by atoms with Gasteiger partial charge in [-0.2, -0.15) is 0 Å². The Morgan fingerprint density at radius 1 is 0.962 bits per heavy atom. The zero-order chi connectivity index (χ0) is 18.0. The van der Waals surface area contributed by atoms with Crippen LogP contribution >= 0.6 is 11.6 Å². The van der Waals surface area contributed by atoms with Crippen LogP contribution in [0.15, 0.2) is 84.1 Å². The molecular formula is C21H16ClN3O. The maximum atomic E-state index is 13.1. The van der Waals surface area contributed by atoms with Gasteiger partial charge in [0.2, 0.25) is 0 Å². The summed E-state index contributed by atoms with van der Waals surface area (Å²) in [5.74, 6) is 0.401. The summed E-state index contributed by atoms with van der Waals surface area (Å²) in [5, 5.41) is 3.60. The summed E-state index contributed by atoms with van der Waals surface area (Å²) in [6.07, 6.45) is 3.84. The predicted molar refractivity (Wildman–Crippen MR) is 102 cm³/mol. The van der Waals surface area contributed by atoms with Gasteiger partial charge in [0.05, 0.1) is 0 Å². The van der Waals surface area contributed by atoms with Gasteiger partial charge in [-0.05, 0) is 35.4 Å². The number of benzene rings is 2. The zero-order valence-electron chi connectivity index (χ0n) is 13.9. The SMILES string of the molecule is O=C1NC(c2cccnc2)=NC1(Cc1ccc(Cl)cc1)c1ccccc1. The van der Waals surface area contributed by atoms with E-state index in [1.54, 1.807) is 12.4 Å². The van der Waals surface area contributed by atoms with Crippen molar-refractivity contribution < 1.29 is 4.79 Å². The molecule has 5 heteroatoms. The van der Waals surface area contributed by atoms with E-state index in [4.69, 9.17) is 16.6 Å². The highest BCUT2D eigenvalue weighted by molar-refractivity contribution is 6.30. The number of pyridine rings is 1. The molecule has 0 saturated heterocycles. The van der Waals surface area contributed by atoms with Crippen molar-refractivity contribution >= 4 is 23.3 Å². The monoisotopic (exact) mass is 361 g/mol. The molecule has 2 heterocycles. The van der Waals surface area contributed by atoms with Gasteiger partial charge >= 0.3 is 0 Å². The molecular weight excluding hydrogens is 346 g/mol. The molecule has 2 aromatic carbocycles. The molecule has 1 amide bonds. The number of nitrogens with one attached hydrogen (secondary N) is 1. The van der Waals surface area contributed by atoms with Gasteiger partial charge in [-0.3, -0.25) is 9.78 Å². The fourth-order valence-electron chi connectivity index (χ4n) is 3.15. The second-order valence-corrected chi connectivity index (χ2v) is 6.62. The number of aromatic nitrogens is 1. The number of hydrogen-bond acceptors (Lipinski definition) is 3. The first-order chi connectivity index (χ1) is 12.7. The van der Waals surface area contributed by atoms with Crippen LogP contribution < -0.4 is 5.32 Å². The zero-order valence-corrected chi connectivity index (χ0v) is 14.6. The largest absolute Gasteiger partial charge is 0.308 e. The van der Waals surface area contributed by atoms with Gasteiger partial charge in [0.25, 0.3) is 5.91 Å². The molecule has 0 aliphatic carbocycles. The summed E-state index contributed by atoms with van der Waals surface area (Å²) in [7, 11) is 0. The van der Waals surface area contributed by atoms with E-state index >= 15 is 0 Å². The van der Waals surface area contributed by atoms with E-state index in [9.17, 15) is 4.79 Å². The molecule has 1 aliphatic heterocycles. The van der Waals surface area contributed by atoms with Crippen LogP contribution in [0.4, 0.5) is 0 Å². The summed E-state index contributed by atoms with van der Waals surface area (Å²) in [4.78, 5) is 22.0. The van der Waals surface area contributed by atoms with E-state index in [1.807, 2.05) is 66.7 Å². The first-order valence-corrected chi connectivity index (χ1v) is 8.67. The molecule has 1 N–H and O–H groups in total. The maximum absolute atomic E-state index is 13.1. The number of amidine groups is 1. The Balaban J connectivity index is 1.82. The highest BCUT2D eigenvalue weighted by atomic mass is 35.5. The van der Waals surface area contributed by atoms with Crippen LogP contribution in [0.3, 0.4) is 0 Å². The van der Waals surface area contributed by atoms with E-state index in [0.717, 1.165) is 16.7 Å². The van der Waals surface area contributed by atoms with Gasteiger partial charge in [0.1, 0.15) is 5.84 Å². The smallest absolute Gasteiger partial charge is 0.258 e. The summed E-state index contributed by atoms with van der Waals surface area (Å²) in [6.45, 7) is 0. The van der Waals surface area contributed by atoms with Crippen molar-refractivity contribution in [2.24, 2.45) is 4.99 Å². The lowest BCUT2D eigenvalue weighted by molar-refractivity contribution is -0.124. The minimum Gasteiger partial charge on any atom is -0.308 e. The van der Waals surface area contributed by atoms with Crippen LogP contribution in [0.1, 0.15) is 16.7 Å². The quantitative estimate of drug-likeness (QED) is 0.769. The third-order valence-corrected chi connectivity index (χ3v) is 4.72. The summed E-state index contributed by atoms with van der Waals surface area (Å²) in [6, 6.07) is 20.9. The number of nitrogens with zero attached hydrogens (tertiary/aromatic N) is 2. The molecule has 128 valence electrons.